The van der Waals surface area contributed by atoms with Crippen molar-refractivity contribution in [2.75, 3.05) is 12.4 Å². The van der Waals surface area contributed by atoms with Crippen LogP contribution in [0.15, 0.2) is 18.2 Å². The van der Waals surface area contributed by atoms with Crippen molar-refractivity contribution in [1.29, 1.82) is 0 Å². The lowest BCUT2D eigenvalue weighted by molar-refractivity contribution is 0.0598. The Labute approximate surface area is 159 Å². The van der Waals surface area contributed by atoms with Crippen LogP contribution in [0.2, 0.25) is 5.02 Å². The van der Waals surface area contributed by atoms with Crippen LogP contribution in [0.4, 0.5) is 5.69 Å². The molecule has 5 nitrogen and oxygen atoms in total. The molecule has 2 aromatic rings. The van der Waals surface area contributed by atoms with E-state index in [1.54, 1.807) is 0 Å². The van der Waals surface area contributed by atoms with Gasteiger partial charge in [-0.3, -0.25) is 0 Å². The van der Waals surface area contributed by atoms with Gasteiger partial charge in [0.2, 0.25) is 5.88 Å². The maximum atomic E-state index is 12.4. The smallest absolute Gasteiger partial charge is 0.345 e. The number of rotatable bonds is 6. The first-order chi connectivity index (χ1) is 12.3. The molecule has 0 amide bonds. The third kappa shape index (κ3) is 4.47. The topological polar surface area (TPSA) is 60.5 Å². The normalized spacial score (nSPS) is 11.8. The number of esters is 1. The molecule has 1 atom stereocenters. The van der Waals surface area contributed by atoms with E-state index in [2.05, 4.69) is 17.2 Å². The van der Waals surface area contributed by atoms with Crippen molar-refractivity contribution in [2.24, 2.45) is 0 Å². The minimum Gasteiger partial charge on any atom is -0.465 e. The van der Waals surface area contributed by atoms with Crippen molar-refractivity contribution in [3.8, 4) is 11.6 Å². The Kier molecular flexibility index (Phi) is 6.48. The molecule has 26 heavy (non-hydrogen) atoms. The first-order valence-electron chi connectivity index (χ1n) is 8.57. The molecule has 2 rings (SSSR count). The highest BCUT2D eigenvalue weighted by Crippen LogP contribution is 2.35. The maximum Gasteiger partial charge on any atom is 0.345 e. The van der Waals surface area contributed by atoms with Gasteiger partial charge in [0.15, 0.2) is 0 Å². The van der Waals surface area contributed by atoms with Gasteiger partial charge >= 0.3 is 5.97 Å². The molecule has 6 heteroatoms. The van der Waals surface area contributed by atoms with E-state index in [4.69, 9.17) is 21.1 Å². The van der Waals surface area contributed by atoms with Crippen LogP contribution in [-0.2, 0) is 4.74 Å². The quantitative estimate of drug-likeness (QED) is 0.679. The molecule has 1 aromatic carbocycles. The molecule has 1 aromatic heterocycles. The largest absolute Gasteiger partial charge is 0.465 e. The summed E-state index contributed by atoms with van der Waals surface area (Å²) in [6.07, 6.45) is 0.910. The Bertz CT molecular complexity index is 798. The van der Waals surface area contributed by atoms with Crippen LogP contribution in [0.25, 0.3) is 0 Å². The predicted octanol–water partition coefficient (Wildman–Crippen LogP) is 5.45. The van der Waals surface area contributed by atoms with Gasteiger partial charge in [-0.1, -0.05) is 18.5 Å². The third-order valence-corrected chi connectivity index (χ3v) is 4.36. The summed E-state index contributed by atoms with van der Waals surface area (Å²) < 4.78 is 11.0. The number of aromatic nitrogens is 1. The Morgan fingerprint density at radius 1 is 1.23 bits per heavy atom. The van der Waals surface area contributed by atoms with Gasteiger partial charge in [0, 0.05) is 16.8 Å². The van der Waals surface area contributed by atoms with Gasteiger partial charge in [-0.15, -0.1) is 0 Å². The molecule has 0 aliphatic heterocycles. The number of aryl methyl sites for hydroxylation is 3. The average molecular weight is 377 g/mol. The van der Waals surface area contributed by atoms with Crippen LogP contribution in [0.3, 0.4) is 0 Å². The van der Waals surface area contributed by atoms with Crippen molar-refractivity contribution >= 4 is 23.3 Å². The van der Waals surface area contributed by atoms with E-state index >= 15 is 0 Å². The van der Waals surface area contributed by atoms with Gasteiger partial charge in [-0.25, -0.2) is 9.78 Å². The molecule has 1 N–H and O–H groups in total. The van der Waals surface area contributed by atoms with Crippen molar-refractivity contribution in [3.63, 3.8) is 0 Å². The third-order valence-electron chi connectivity index (χ3n) is 4.14. The lowest BCUT2D eigenvalue weighted by atomic mass is 10.1. The molecule has 0 saturated heterocycles. The minimum absolute atomic E-state index is 0.187. The number of carbonyl (C=O) groups excluding carboxylic acids is 1. The summed E-state index contributed by atoms with van der Waals surface area (Å²) in [7, 11) is 1.35. The SMILES string of the molecule is CCC(C)Nc1cc(C)nc(Oc2c(C)cc(Cl)cc2C)c1C(=O)OC. The van der Waals surface area contributed by atoms with E-state index < -0.39 is 5.97 Å². The monoisotopic (exact) mass is 376 g/mol. The Morgan fingerprint density at radius 3 is 2.38 bits per heavy atom. The van der Waals surface area contributed by atoms with Gasteiger partial charge in [-0.05, 0) is 63.4 Å². The summed E-state index contributed by atoms with van der Waals surface area (Å²) in [6.45, 7) is 9.78. The van der Waals surface area contributed by atoms with Crippen LogP contribution >= 0.6 is 11.6 Å². The van der Waals surface area contributed by atoms with E-state index in [0.29, 0.717) is 16.5 Å². The first kappa shape index (κ1) is 20.0. The number of pyridine rings is 1. The molecule has 0 fully saturated rings. The van der Waals surface area contributed by atoms with E-state index in [0.717, 1.165) is 23.2 Å². The van der Waals surface area contributed by atoms with Crippen LogP contribution in [0.1, 0.15) is 47.4 Å². The Balaban J connectivity index is 2.59. The van der Waals surface area contributed by atoms with E-state index in [9.17, 15) is 4.79 Å². The second-order valence-corrected chi connectivity index (χ2v) is 6.84. The zero-order chi connectivity index (χ0) is 19.4. The van der Waals surface area contributed by atoms with Crippen LogP contribution in [-0.4, -0.2) is 24.1 Å². The van der Waals surface area contributed by atoms with Gasteiger partial charge in [0.05, 0.1) is 12.8 Å². The van der Waals surface area contributed by atoms with Gasteiger partial charge in [-0.2, -0.15) is 0 Å². The molecular formula is C20H25ClN2O3. The second-order valence-electron chi connectivity index (χ2n) is 6.41. The summed E-state index contributed by atoms with van der Waals surface area (Å²) in [5, 5.41) is 3.97. The van der Waals surface area contributed by atoms with Crippen LogP contribution < -0.4 is 10.1 Å². The zero-order valence-electron chi connectivity index (χ0n) is 16.1. The zero-order valence-corrected chi connectivity index (χ0v) is 16.8. The highest BCUT2D eigenvalue weighted by Gasteiger charge is 2.23. The first-order valence-corrected chi connectivity index (χ1v) is 8.95. The van der Waals surface area contributed by atoms with Crippen LogP contribution in [0, 0.1) is 20.8 Å². The molecule has 1 heterocycles. The summed E-state index contributed by atoms with van der Waals surface area (Å²) in [5.74, 6) is 0.353. The van der Waals surface area contributed by atoms with E-state index in [1.807, 2.05) is 45.9 Å². The summed E-state index contributed by atoms with van der Waals surface area (Å²) >= 11 is 6.10. The summed E-state index contributed by atoms with van der Waals surface area (Å²) in [5.41, 5.74) is 3.41. The standard InChI is InChI=1S/C20H25ClN2O3/c1-7-13(4)22-16-10-14(5)23-19(17(16)20(24)25-6)26-18-11(2)8-15(21)9-12(18)3/h8-10,13H,7H2,1-6H3,(H,22,23). The molecule has 1 unspecified atom stereocenters. The fourth-order valence-corrected chi connectivity index (χ4v) is 2.98. The Hall–Kier alpha value is -2.27. The fraction of sp³-hybridized carbons (Fsp3) is 0.400. The fourth-order valence-electron chi connectivity index (χ4n) is 2.65. The number of hydrogen-bond donors (Lipinski definition) is 1. The van der Waals surface area contributed by atoms with Gasteiger partial charge in [0.1, 0.15) is 11.3 Å². The number of methoxy groups -OCH3 is 1. The van der Waals surface area contributed by atoms with Crippen molar-refractivity contribution in [3.05, 3.63) is 45.6 Å². The molecule has 0 aliphatic rings. The number of nitrogens with zero attached hydrogens (tertiary/aromatic N) is 1. The van der Waals surface area contributed by atoms with Crippen molar-refractivity contribution < 1.29 is 14.3 Å². The summed E-state index contributed by atoms with van der Waals surface area (Å²) in [4.78, 5) is 16.9. The lowest BCUT2D eigenvalue weighted by Gasteiger charge is -2.19. The van der Waals surface area contributed by atoms with E-state index in [1.165, 1.54) is 7.11 Å². The number of benzene rings is 1. The van der Waals surface area contributed by atoms with E-state index in [-0.39, 0.29) is 17.5 Å². The number of ether oxygens (including phenoxy) is 2. The molecule has 140 valence electrons. The van der Waals surface area contributed by atoms with Crippen LogP contribution in [0.5, 0.6) is 11.6 Å². The number of halogens is 1. The average Bonchev–Trinajstić information content (AvgIpc) is 2.57. The minimum atomic E-state index is -0.498. The number of carbonyl (C=O) groups is 1. The number of anilines is 1. The van der Waals surface area contributed by atoms with Crippen molar-refractivity contribution in [2.45, 2.75) is 47.1 Å². The highest BCUT2D eigenvalue weighted by atomic mass is 35.5. The molecule has 0 spiro atoms. The number of nitrogens with one attached hydrogen (secondary N) is 1. The van der Waals surface area contributed by atoms with Gasteiger partial charge in [0.25, 0.3) is 0 Å². The molecule has 0 aliphatic carbocycles. The second kappa shape index (κ2) is 8.41. The molecule has 0 bridgehead atoms. The molecular weight excluding hydrogens is 352 g/mol. The number of hydrogen-bond acceptors (Lipinski definition) is 5. The summed E-state index contributed by atoms with van der Waals surface area (Å²) in [6, 6.07) is 5.64. The lowest BCUT2D eigenvalue weighted by Crippen LogP contribution is -2.18. The molecule has 0 saturated carbocycles. The maximum absolute atomic E-state index is 12.4. The van der Waals surface area contributed by atoms with Crippen molar-refractivity contribution in [1.82, 2.24) is 4.98 Å². The predicted molar refractivity (Wildman–Crippen MR) is 105 cm³/mol. The highest BCUT2D eigenvalue weighted by molar-refractivity contribution is 6.30. The Morgan fingerprint density at radius 2 is 1.85 bits per heavy atom. The molecule has 0 radical (unpaired) electrons. The van der Waals surface area contributed by atoms with Gasteiger partial charge < -0.3 is 14.8 Å².